The predicted octanol–water partition coefficient (Wildman–Crippen LogP) is 6.39. The van der Waals surface area contributed by atoms with E-state index in [2.05, 4.69) is 39.0 Å². The normalized spacial score (nSPS) is 10.3. The molecule has 0 aliphatic carbocycles. The van der Waals surface area contributed by atoms with E-state index in [1.165, 1.54) is 37.5 Å². The summed E-state index contributed by atoms with van der Waals surface area (Å²) in [6, 6.07) is 11.7. The topological polar surface area (TPSA) is 88.5 Å². The molecule has 0 heterocycles. The number of hydrogen-bond acceptors (Lipinski definition) is 4. The third-order valence-corrected chi connectivity index (χ3v) is 5.60. The Bertz CT molecular complexity index is 989. The average Bonchev–Trinajstić information content (AvgIpc) is 2.73. The number of halogens is 1. The maximum absolute atomic E-state index is 12.1. The summed E-state index contributed by atoms with van der Waals surface area (Å²) in [5.74, 6) is -1.61. The van der Waals surface area contributed by atoms with Crippen LogP contribution in [0.3, 0.4) is 0 Å². The number of Topliss-reactive ketones (excluding diaryl/α,β-unsaturated/α-hetero) is 3. The molecule has 0 saturated carbocycles. The quantitative estimate of drug-likeness (QED) is 0.456. The number of carbonyl (C=O) groups is 4. The van der Waals surface area contributed by atoms with Gasteiger partial charge in [0.05, 0.1) is 0 Å². The zero-order valence-corrected chi connectivity index (χ0v) is 22.3. The van der Waals surface area contributed by atoms with Crippen LogP contribution in [0.2, 0.25) is 5.02 Å². The van der Waals surface area contributed by atoms with E-state index in [0.29, 0.717) is 10.6 Å². The first kappa shape index (κ1) is 31.2. The average molecular weight is 489 g/mol. The Hall–Kier alpha value is -2.79. The summed E-state index contributed by atoms with van der Waals surface area (Å²) in [5, 5.41) is 8.16. The van der Waals surface area contributed by atoms with Gasteiger partial charge in [0.1, 0.15) is 22.8 Å². The Morgan fingerprint density at radius 3 is 1.68 bits per heavy atom. The smallest absolute Gasteiger partial charge is 0.303 e. The van der Waals surface area contributed by atoms with Crippen molar-refractivity contribution in [3.63, 3.8) is 0 Å². The van der Waals surface area contributed by atoms with Crippen LogP contribution in [0, 0.1) is 20.8 Å². The van der Waals surface area contributed by atoms with Gasteiger partial charge in [0.15, 0.2) is 0 Å². The van der Waals surface area contributed by atoms with E-state index in [1.807, 2.05) is 0 Å². The molecule has 0 aromatic heterocycles. The minimum atomic E-state index is -1.42. The third-order valence-electron chi connectivity index (χ3n) is 5.37. The van der Waals surface area contributed by atoms with E-state index in [4.69, 9.17) is 16.7 Å². The second-order valence-electron chi connectivity index (χ2n) is 8.45. The molecule has 34 heavy (non-hydrogen) atoms. The summed E-state index contributed by atoms with van der Waals surface area (Å²) >= 11 is 5.96. The lowest BCUT2D eigenvalue weighted by atomic mass is 9.69. The molecule has 2 aromatic rings. The fourth-order valence-electron chi connectivity index (χ4n) is 3.67. The van der Waals surface area contributed by atoms with Crippen molar-refractivity contribution >= 4 is 34.9 Å². The highest BCUT2D eigenvalue weighted by Gasteiger charge is 2.44. The van der Waals surface area contributed by atoms with Gasteiger partial charge in [-0.2, -0.15) is 0 Å². The predicted molar refractivity (Wildman–Crippen MR) is 138 cm³/mol. The van der Waals surface area contributed by atoms with Crippen LogP contribution in [0.25, 0.3) is 0 Å². The minimum Gasteiger partial charge on any atom is -0.481 e. The molecule has 0 radical (unpaired) electrons. The summed E-state index contributed by atoms with van der Waals surface area (Å²) in [7, 11) is 0. The molecule has 186 valence electrons. The molecule has 0 spiro atoms. The van der Waals surface area contributed by atoms with E-state index >= 15 is 0 Å². The number of aliphatic carboxylic acids is 1. The van der Waals surface area contributed by atoms with Gasteiger partial charge >= 0.3 is 5.97 Å². The third kappa shape index (κ3) is 9.60. The maximum Gasteiger partial charge on any atom is 0.303 e. The van der Waals surface area contributed by atoms with Gasteiger partial charge in [0.2, 0.25) is 0 Å². The molecule has 1 N–H and O–H groups in total. The molecule has 0 aliphatic heterocycles. The first-order valence-corrected chi connectivity index (χ1v) is 11.7. The van der Waals surface area contributed by atoms with Crippen LogP contribution in [0.15, 0.2) is 36.4 Å². The monoisotopic (exact) mass is 488 g/mol. The lowest BCUT2D eigenvalue weighted by Gasteiger charge is -2.29. The highest BCUT2D eigenvalue weighted by atomic mass is 35.5. The Morgan fingerprint density at radius 2 is 1.32 bits per heavy atom. The number of carboxylic acids is 1. The van der Waals surface area contributed by atoms with Crippen LogP contribution in [0.4, 0.5) is 0 Å². The largest absolute Gasteiger partial charge is 0.481 e. The molecule has 5 nitrogen and oxygen atoms in total. The van der Waals surface area contributed by atoms with Crippen LogP contribution < -0.4 is 0 Å². The van der Waals surface area contributed by atoms with Gasteiger partial charge in [-0.05, 0) is 76.8 Å². The van der Waals surface area contributed by atoms with Crippen molar-refractivity contribution in [2.45, 2.75) is 80.1 Å². The number of hydrogen-bond donors (Lipinski definition) is 1. The molecule has 0 unspecified atom stereocenters. The highest BCUT2D eigenvalue weighted by molar-refractivity contribution is 6.30. The Kier molecular flexibility index (Phi) is 13.3. The number of benzene rings is 2. The van der Waals surface area contributed by atoms with Crippen molar-refractivity contribution in [2.24, 2.45) is 0 Å². The summed E-state index contributed by atoms with van der Waals surface area (Å²) in [4.78, 5) is 45.0. The highest BCUT2D eigenvalue weighted by Crippen LogP contribution is 2.35. The molecule has 0 aliphatic rings. The number of carbonyl (C=O) groups excluding carboxylic acids is 3. The lowest BCUT2D eigenvalue weighted by Crippen LogP contribution is -2.43. The van der Waals surface area contributed by atoms with Gasteiger partial charge in [-0.3, -0.25) is 19.2 Å². The van der Waals surface area contributed by atoms with Gasteiger partial charge in [-0.1, -0.05) is 60.8 Å². The number of aryl methyl sites for hydroxylation is 4. The van der Waals surface area contributed by atoms with Crippen molar-refractivity contribution in [3.8, 4) is 0 Å². The maximum atomic E-state index is 12.1. The lowest BCUT2D eigenvalue weighted by molar-refractivity contribution is -0.137. The minimum absolute atomic E-state index is 0.126. The van der Waals surface area contributed by atoms with E-state index in [-0.39, 0.29) is 30.2 Å². The summed E-state index contributed by atoms with van der Waals surface area (Å²) < 4.78 is 0. The number of rotatable bonds is 7. The molecule has 2 aromatic carbocycles. The molecule has 0 amide bonds. The van der Waals surface area contributed by atoms with Gasteiger partial charge in [0.25, 0.3) is 0 Å². The molecule has 2 rings (SSSR count). The standard InChI is InChI=1S/C15H17ClO3.C10H14.C3H6O2/c1-9-5-6-13(16)7-14(9)15(11(3)18,12(4)19)8-10(2)17;1-4-10-6-8(2)5-9(3)7-10;1-2-3(4)5/h5-7H,8H2,1-4H3;5-7H,4H2,1-3H3;2H2,1H3,(H,4,5). The fraction of sp³-hybridized carbons (Fsp3) is 0.429. The first-order valence-electron chi connectivity index (χ1n) is 11.3. The Balaban J connectivity index is 0.000000601. The molecule has 0 atom stereocenters. The number of carboxylic acid groups (broad SMARTS) is 1. The Morgan fingerprint density at radius 1 is 0.853 bits per heavy atom. The summed E-state index contributed by atoms with van der Waals surface area (Å²) in [6.07, 6.45) is 1.24. The Labute approximate surface area is 208 Å². The van der Waals surface area contributed by atoms with Crippen LogP contribution in [0.1, 0.15) is 75.3 Å². The zero-order chi connectivity index (χ0) is 26.6. The molecule has 6 heteroatoms. The van der Waals surface area contributed by atoms with Crippen LogP contribution >= 0.6 is 11.6 Å². The fourth-order valence-corrected chi connectivity index (χ4v) is 3.84. The SMILES string of the molecule is CC(=O)CC(C(C)=O)(C(C)=O)c1cc(Cl)ccc1C.CCC(=O)O.CCc1cc(C)cc(C)c1. The van der Waals surface area contributed by atoms with Crippen LogP contribution in [0.5, 0.6) is 0 Å². The van der Waals surface area contributed by atoms with E-state index in [1.54, 1.807) is 32.0 Å². The van der Waals surface area contributed by atoms with E-state index < -0.39 is 11.4 Å². The zero-order valence-electron chi connectivity index (χ0n) is 21.5. The molecular formula is C28H37ClO5. The summed E-state index contributed by atoms with van der Waals surface area (Å²) in [5.41, 5.74) is 4.07. The molecular weight excluding hydrogens is 452 g/mol. The summed E-state index contributed by atoms with van der Waals surface area (Å²) in [6.45, 7) is 13.9. The van der Waals surface area contributed by atoms with E-state index in [9.17, 15) is 19.2 Å². The van der Waals surface area contributed by atoms with Gasteiger partial charge < -0.3 is 5.11 Å². The van der Waals surface area contributed by atoms with Crippen molar-refractivity contribution < 1.29 is 24.3 Å². The van der Waals surface area contributed by atoms with Gasteiger partial charge in [-0.15, -0.1) is 0 Å². The number of ketones is 3. The van der Waals surface area contributed by atoms with Crippen molar-refractivity contribution in [1.82, 2.24) is 0 Å². The van der Waals surface area contributed by atoms with Gasteiger partial charge in [0, 0.05) is 17.9 Å². The first-order chi connectivity index (χ1) is 15.7. The van der Waals surface area contributed by atoms with Crippen LogP contribution in [-0.4, -0.2) is 28.4 Å². The molecule has 0 fully saturated rings. The molecule has 0 saturated heterocycles. The van der Waals surface area contributed by atoms with Gasteiger partial charge in [-0.25, -0.2) is 0 Å². The van der Waals surface area contributed by atoms with Crippen molar-refractivity contribution in [3.05, 3.63) is 69.2 Å². The second kappa shape index (κ2) is 14.5. The van der Waals surface area contributed by atoms with E-state index in [0.717, 1.165) is 12.0 Å². The van der Waals surface area contributed by atoms with Crippen molar-refractivity contribution in [1.29, 1.82) is 0 Å². The van der Waals surface area contributed by atoms with Crippen molar-refractivity contribution in [2.75, 3.05) is 0 Å². The second-order valence-corrected chi connectivity index (χ2v) is 8.89. The van der Waals surface area contributed by atoms with Crippen LogP contribution in [-0.2, 0) is 31.0 Å². The molecule has 0 bridgehead atoms.